The van der Waals surface area contributed by atoms with E-state index in [2.05, 4.69) is 4.74 Å². The van der Waals surface area contributed by atoms with Gasteiger partial charge in [0.05, 0.1) is 7.11 Å². The van der Waals surface area contributed by atoms with Gasteiger partial charge in [-0.2, -0.15) is 0 Å². The van der Waals surface area contributed by atoms with E-state index in [1.54, 1.807) is 27.7 Å². The predicted molar refractivity (Wildman–Crippen MR) is 67.5 cm³/mol. The molecule has 1 amide bonds. The van der Waals surface area contributed by atoms with E-state index in [4.69, 9.17) is 4.74 Å². The van der Waals surface area contributed by atoms with Gasteiger partial charge in [0.25, 0.3) is 0 Å². The third kappa shape index (κ3) is 3.81. The zero-order chi connectivity index (χ0) is 14.8. The highest BCUT2D eigenvalue weighted by Crippen LogP contribution is 2.32. The zero-order valence-electron chi connectivity index (χ0n) is 12.2. The Labute approximate surface area is 113 Å². The van der Waals surface area contributed by atoms with Gasteiger partial charge in [-0.3, -0.25) is 0 Å². The summed E-state index contributed by atoms with van der Waals surface area (Å²) < 4.78 is 24.1. The maximum atomic E-state index is 14.3. The van der Waals surface area contributed by atoms with Gasteiger partial charge in [-0.15, -0.1) is 0 Å². The molecule has 0 aromatic carbocycles. The Bertz CT molecular complexity index is 366. The molecule has 0 bridgehead atoms. The molecule has 0 N–H and O–H groups in total. The number of carbonyl (C=O) groups excluding carboxylic acids is 2. The van der Waals surface area contributed by atoms with Crippen LogP contribution in [-0.2, 0) is 14.3 Å². The van der Waals surface area contributed by atoms with E-state index in [9.17, 15) is 14.0 Å². The first-order valence-corrected chi connectivity index (χ1v) is 6.36. The van der Waals surface area contributed by atoms with Gasteiger partial charge in [-0.25, -0.2) is 14.0 Å². The monoisotopic (exact) mass is 275 g/mol. The highest BCUT2D eigenvalue weighted by atomic mass is 19.1. The Balaban J connectivity index is 2.70. The number of amides is 1. The molecule has 1 rings (SSSR count). The Kier molecular flexibility index (Phi) is 4.43. The lowest BCUT2D eigenvalue weighted by Gasteiger charge is -2.39. The number of methoxy groups -OCH3 is 1. The molecule has 0 unspecified atom stereocenters. The normalized spacial score (nSPS) is 27.9. The van der Waals surface area contributed by atoms with Gasteiger partial charge in [-0.05, 0) is 27.7 Å². The Morgan fingerprint density at radius 2 is 1.95 bits per heavy atom. The van der Waals surface area contributed by atoms with Crippen LogP contribution in [0.5, 0.6) is 0 Å². The molecular weight excluding hydrogens is 253 g/mol. The fourth-order valence-corrected chi connectivity index (χ4v) is 2.16. The molecule has 0 saturated carbocycles. The van der Waals surface area contributed by atoms with E-state index in [0.29, 0.717) is 0 Å². The van der Waals surface area contributed by atoms with Crippen molar-refractivity contribution in [2.75, 3.05) is 13.7 Å². The lowest BCUT2D eigenvalue weighted by molar-refractivity contribution is -0.159. The van der Waals surface area contributed by atoms with E-state index in [0.717, 1.165) is 7.11 Å². The quantitative estimate of drug-likeness (QED) is 0.689. The summed E-state index contributed by atoms with van der Waals surface area (Å²) in [5.41, 5.74) is -2.60. The van der Waals surface area contributed by atoms with Crippen molar-refractivity contribution in [2.45, 2.75) is 57.8 Å². The van der Waals surface area contributed by atoms with E-state index in [1.807, 2.05) is 0 Å². The van der Waals surface area contributed by atoms with Crippen LogP contribution in [-0.4, -0.2) is 47.9 Å². The minimum absolute atomic E-state index is 0.0662. The number of ether oxygens (including phenoxy) is 2. The molecule has 1 saturated heterocycles. The molecule has 0 spiro atoms. The molecule has 1 aliphatic rings. The zero-order valence-corrected chi connectivity index (χ0v) is 12.2. The highest BCUT2D eigenvalue weighted by molar-refractivity contribution is 5.80. The van der Waals surface area contributed by atoms with Crippen molar-refractivity contribution in [3.63, 3.8) is 0 Å². The summed E-state index contributed by atoms with van der Waals surface area (Å²) in [6, 6.07) is -0.410. The van der Waals surface area contributed by atoms with Gasteiger partial charge >= 0.3 is 12.1 Å². The average Bonchev–Trinajstić information content (AvgIpc) is 2.25. The summed E-state index contributed by atoms with van der Waals surface area (Å²) in [4.78, 5) is 24.8. The van der Waals surface area contributed by atoms with Crippen LogP contribution in [0.15, 0.2) is 0 Å². The predicted octanol–water partition coefficient (Wildman–Crippen LogP) is 2.29. The smallest absolute Gasteiger partial charge is 0.410 e. The van der Waals surface area contributed by atoms with Crippen molar-refractivity contribution in [1.82, 2.24) is 4.90 Å². The van der Waals surface area contributed by atoms with Crippen molar-refractivity contribution in [1.29, 1.82) is 0 Å². The van der Waals surface area contributed by atoms with Crippen molar-refractivity contribution >= 4 is 12.1 Å². The number of nitrogens with zero attached hydrogens (tertiary/aromatic N) is 1. The van der Waals surface area contributed by atoms with Crippen LogP contribution in [0, 0.1) is 0 Å². The van der Waals surface area contributed by atoms with Gasteiger partial charge in [0.15, 0.2) is 0 Å². The molecule has 0 aliphatic carbocycles. The second-order valence-corrected chi connectivity index (χ2v) is 5.93. The molecule has 6 heteroatoms. The third-order valence-electron chi connectivity index (χ3n) is 3.08. The van der Waals surface area contributed by atoms with Gasteiger partial charge in [0.1, 0.15) is 5.60 Å². The van der Waals surface area contributed by atoms with E-state index >= 15 is 0 Å². The van der Waals surface area contributed by atoms with E-state index in [-0.39, 0.29) is 19.4 Å². The van der Waals surface area contributed by atoms with Crippen molar-refractivity contribution in [3.05, 3.63) is 0 Å². The summed E-state index contributed by atoms with van der Waals surface area (Å²) >= 11 is 0. The molecule has 0 aromatic rings. The summed E-state index contributed by atoms with van der Waals surface area (Å²) in [5.74, 6) is -0.872. The van der Waals surface area contributed by atoms with Gasteiger partial charge in [0.2, 0.25) is 5.67 Å². The van der Waals surface area contributed by atoms with Crippen molar-refractivity contribution < 1.29 is 23.5 Å². The van der Waals surface area contributed by atoms with Crippen LogP contribution in [0.25, 0.3) is 0 Å². The van der Waals surface area contributed by atoms with Gasteiger partial charge in [-0.1, -0.05) is 0 Å². The maximum Gasteiger partial charge on any atom is 0.410 e. The summed E-state index contributed by atoms with van der Waals surface area (Å²) in [6.07, 6.45) is -0.616. The van der Waals surface area contributed by atoms with Crippen LogP contribution in [0.2, 0.25) is 0 Å². The van der Waals surface area contributed by atoms with Gasteiger partial charge < -0.3 is 14.4 Å². The van der Waals surface area contributed by atoms with Crippen molar-refractivity contribution in [2.24, 2.45) is 0 Å². The van der Waals surface area contributed by atoms with Crippen LogP contribution in [0.3, 0.4) is 0 Å². The first-order chi connectivity index (χ1) is 8.59. The van der Waals surface area contributed by atoms with Crippen molar-refractivity contribution in [3.8, 4) is 0 Å². The molecule has 2 atom stereocenters. The average molecular weight is 275 g/mol. The number of rotatable bonds is 1. The molecule has 19 heavy (non-hydrogen) atoms. The molecule has 5 nitrogen and oxygen atoms in total. The first kappa shape index (κ1) is 15.7. The lowest BCUT2D eigenvalue weighted by Crippen LogP contribution is -2.54. The highest BCUT2D eigenvalue weighted by Gasteiger charge is 2.47. The molecule has 1 aliphatic heterocycles. The van der Waals surface area contributed by atoms with Crippen LogP contribution in [0.1, 0.15) is 40.5 Å². The molecule has 0 aromatic heterocycles. The first-order valence-electron chi connectivity index (χ1n) is 6.36. The number of piperidine rings is 1. The Morgan fingerprint density at radius 3 is 2.37 bits per heavy atom. The standard InChI is InChI=1S/C13H22FNO4/c1-9-8-13(14,10(16)18-5)6-7-15(9)11(17)19-12(2,3)4/h9H,6-8H2,1-5H3/t9-,13-/m0/s1. The summed E-state index contributed by atoms with van der Waals surface area (Å²) in [7, 11) is 1.16. The van der Waals surface area contributed by atoms with Gasteiger partial charge in [0, 0.05) is 25.4 Å². The van der Waals surface area contributed by atoms with E-state index < -0.39 is 29.4 Å². The fraction of sp³-hybridized carbons (Fsp3) is 0.846. The Morgan fingerprint density at radius 1 is 1.37 bits per heavy atom. The number of carbonyl (C=O) groups is 2. The van der Waals surface area contributed by atoms with Crippen LogP contribution >= 0.6 is 0 Å². The SMILES string of the molecule is COC(=O)[C@]1(F)CCN(C(=O)OC(C)(C)C)[C@@H](C)C1. The lowest BCUT2D eigenvalue weighted by atomic mass is 9.89. The van der Waals surface area contributed by atoms with E-state index in [1.165, 1.54) is 4.90 Å². The number of esters is 1. The van der Waals surface area contributed by atoms with Crippen LogP contribution < -0.4 is 0 Å². The summed E-state index contributed by atoms with van der Waals surface area (Å²) in [6.45, 7) is 7.15. The molecule has 0 radical (unpaired) electrons. The largest absolute Gasteiger partial charge is 0.467 e. The number of likely N-dealkylation sites (tertiary alicyclic amines) is 1. The second-order valence-electron chi connectivity index (χ2n) is 5.93. The Hall–Kier alpha value is -1.33. The number of alkyl halides is 1. The number of hydrogen-bond donors (Lipinski definition) is 0. The number of halogens is 1. The second kappa shape index (κ2) is 5.35. The minimum atomic E-state index is -2.01. The third-order valence-corrected chi connectivity index (χ3v) is 3.08. The molecule has 1 fully saturated rings. The molecule has 1 heterocycles. The summed E-state index contributed by atoms with van der Waals surface area (Å²) in [5, 5.41) is 0. The number of hydrogen-bond acceptors (Lipinski definition) is 4. The molecular formula is C13H22FNO4. The maximum absolute atomic E-state index is 14.3. The minimum Gasteiger partial charge on any atom is -0.467 e. The molecule has 110 valence electrons. The van der Waals surface area contributed by atoms with Crippen LogP contribution in [0.4, 0.5) is 9.18 Å². The topological polar surface area (TPSA) is 55.8 Å². The fourth-order valence-electron chi connectivity index (χ4n) is 2.16.